The lowest BCUT2D eigenvalue weighted by atomic mass is 10.3. The molecule has 0 fully saturated rings. The summed E-state index contributed by atoms with van der Waals surface area (Å²) in [6, 6.07) is 15.7. The van der Waals surface area contributed by atoms with E-state index in [1.165, 1.54) is 54.6 Å². The van der Waals surface area contributed by atoms with E-state index < -0.39 is 34.6 Å². The van der Waals surface area contributed by atoms with Crippen molar-refractivity contribution in [1.29, 1.82) is 0 Å². The third-order valence-electron chi connectivity index (χ3n) is 4.16. The molecule has 0 atom stereocenters. The number of ether oxygens (including phenoxy) is 1. The molecule has 0 bridgehead atoms. The van der Waals surface area contributed by atoms with Gasteiger partial charge in [-0.05, 0) is 66.7 Å². The van der Waals surface area contributed by atoms with Crippen molar-refractivity contribution < 1.29 is 31.1 Å². The summed E-state index contributed by atoms with van der Waals surface area (Å²) in [5.41, 5.74) is 0.283. The van der Waals surface area contributed by atoms with Gasteiger partial charge >= 0.3 is 6.36 Å². The fraction of sp³-hybridized carbons (Fsp3) is 0.0952. The summed E-state index contributed by atoms with van der Waals surface area (Å²) >= 11 is 11.8. The molecule has 0 unspecified atom stereocenters. The molecule has 12 heteroatoms. The monoisotopic (exact) mass is 518 g/mol. The number of rotatable bonds is 7. The number of benzene rings is 3. The molecule has 0 aliphatic heterocycles. The molecule has 0 saturated heterocycles. The standard InChI is InChI=1S/C21H15Cl2F3N2O4S/c22-14-4-10-19(11-5-14)33(30,31)28(17-3-1-2-15(23)12-17)13-20(29)27-16-6-8-18(9-7-16)32-21(24,25)26/h1-12H,13H2,(H,27,29). The third kappa shape index (κ3) is 6.77. The third-order valence-corrected chi connectivity index (χ3v) is 6.43. The van der Waals surface area contributed by atoms with Crippen LogP contribution in [-0.2, 0) is 14.8 Å². The number of hydrogen-bond acceptors (Lipinski definition) is 4. The van der Waals surface area contributed by atoms with E-state index in [9.17, 15) is 26.4 Å². The van der Waals surface area contributed by atoms with Crippen molar-refractivity contribution in [3.63, 3.8) is 0 Å². The first-order chi connectivity index (χ1) is 15.4. The van der Waals surface area contributed by atoms with Crippen LogP contribution in [0.5, 0.6) is 5.75 Å². The highest BCUT2D eigenvalue weighted by Crippen LogP contribution is 2.27. The molecule has 0 radical (unpaired) electrons. The van der Waals surface area contributed by atoms with Crippen LogP contribution in [0.2, 0.25) is 10.0 Å². The maximum absolute atomic E-state index is 13.3. The number of anilines is 2. The Bertz CT molecular complexity index is 1240. The van der Waals surface area contributed by atoms with Gasteiger partial charge in [0.25, 0.3) is 10.0 Å². The highest BCUT2D eigenvalue weighted by atomic mass is 35.5. The summed E-state index contributed by atoms with van der Waals surface area (Å²) in [6.07, 6.45) is -4.85. The number of sulfonamides is 1. The van der Waals surface area contributed by atoms with Gasteiger partial charge in [0.05, 0.1) is 10.6 Å². The zero-order valence-corrected chi connectivity index (χ0v) is 18.8. The summed E-state index contributed by atoms with van der Waals surface area (Å²) in [5, 5.41) is 3.03. The lowest BCUT2D eigenvalue weighted by molar-refractivity contribution is -0.274. The Morgan fingerprint density at radius 3 is 2.15 bits per heavy atom. The molecule has 0 spiro atoms. The molecule has 0 aromatic heterocycles. The molecular weight excluding hydrogens is 504 g/mol. The van der Waals surface area contributed by atoms with Crippen LogP contribution in [0.25, 0.3) is 0 Å². The Hall–Kier alpha value is -2.95. The van der Waals surface area contributed by atoms with E-state index in [1.807, 2.05) is 0 Å². The molecule has 3 rings (SSSR count). The molecule has 174 valence electrons. The maximum atomic E-state index is 13.3. The number of hydrogen-bond donors (Lipinski definition) is 1. The topological polar surface area (TPSA) is 75.7 Å². The minimum Gasteiger partial charge on any atom is -0.406 e. The van der Waals surface area contributed by atoms with Gasteiger partial charge in [-0.15, -0.1) is 13.2 Å². The molecule has 1 amide bonds. The Morgan fingerprint density at radius 1 is 0.939 bits per heavy atom. The molecule has 3 aromatic carbocycles. The van der Waals surface area contributed by atoms with Crippen LogP contribution in [0.4, 0.5) is 24.5 Å². The van der Waals surface area contributed by atoms with Crippen molar-refractivity contribution in [1.82, 2.24) is 0 Å². The molecule has 1 N–H and O–H groups in total. The van der Waals surface area contributed by atoms with E-state index in [0.717, 1.165) is 16.4 Å². The Morgan fingerprint density at radius 2 is 1.58 bits per heavy atom. The van der Waals surface area contributed by atoms with E-state index in [-0.39, 0.29) is 21.3 Å². The zero-order valence-electron chi connectivity index (χ0n) is 16.5. The van der Waals surface area contributed by atoms with Gasteiger partial charge in [0.15, 0.2) is 0 Å². The van der Waals surface area contributed by atoms with Gasteiger partial charge in [-0.25, -0.2) is 8.42 Å². The second-order valence-corrected chi connectivity index (χ2v) is 9.30. The number of nitrogens with one attached hydrogen (secondary N) is 1. The first kappa shape index (κ1) is 24.7. The SMILES string of the molecule is O=C(CN(c1cccc(Cl)c1)S(=O)(=O)c1ccc(Cl)cc1)Nc1ccc(OC(F)(F)F)cc1. The maximum Gasteiger partial charge on any atom is 0.573 e. The summed E-state index contributed by atoms with van der Waals surface area (Å²) in [4.78, 5) is 12.5. The van der Waals surface area contributed by atoms with Crippen LogP contribution in [-0.4, -0.2) is 27.2 Å². The minimum absolute atomic E-state index is 0.103. The zero-order chi connectivity index (χ0) is 24.2. The van der Waals surface area contributed by atoms with Crippen molar-refractivity contribution in [2.75, 3.05) is 16.2 Å². The van der Waals surface area contributed by atoms with Crippen molar-refractivity contribution in [3.05, 3.63) is 82.8 Å². The molecule has 6 nitrogen and oxygen atoms in total. The van der Waals surface area contributed by atoms with Crippen LogP contribution in [0.3, 0.4) is 0 Å². The second kappa shape index (κ2) is 9.90. The number of nitrogens with zero attached hydrogens (tertiary/aromatic N) is 1. The van der Waals surface area contributed by atoms with Crippen LogP contribution < -0.4 is 14.4 Å². The number of carbonyl (C=O) groups excluding carboxylic acids is 1. The highest BCUT2D eigenvalue weighted by molar-refractivity contribution is 7.92. The van der Waals surface area contributed by atoms with E-state index >= 15 is 0 Å². The predicted octanol–water partition coefficient (Wildman–Crippen LogP) is 5.73. The lowest BCUT2D eigenvalue weighted by Crippen LogP contribution is -2.38. The van der Waals surface area contributed by atoms with E-state index in [4.69, 9.17) is 23.2 Å². The summed E-state index contributed by atoms with van der Waals surface area (Å²) in [6.45, 7) is -0.633. The van der Waals surface area contributed by atoms with Crippen molar-refractivity contribution in [2.24, 2.45) is 0 Å². The van der Waals surface area contributed by atoms with Gasteiger partial charge in [-0.2, -0.15) is 0 Å². The fourth-order valence-corrected chi connectivity index (χ4v) is 4.47. The fourth-order valence-electron chi connectivity index (χ4n) is 2.75. The van der Waals surface area contributed by atoms with Crippen molar-refractivity contribution in [2.45, 2.75) is 11.3 Å². The Kier molecular flexibility index (Phi) is 7.41. The molecule has 0 saturated carbocycles. The molecule has 0 aliphatic rings. The molecule has 0 aliphatic carbocycles. The van der Waals surface area contributed by atoms with Gasteiger partial charge < -0.3 is 10.1 Å². The largest absolute Gasteiger partial charge is 0.573 e. The number of carbonyl (C=O) groups is 1. The van der Waals surface area contributed by atoms with Gasteiger partial charge in [0, 0.05) is 15.7 Å². The molecule has 3 aromatic rings. The van der Waals surface area contributed by atoms with Crippen LogP contribution in [0.1, 0.15) is 0 Å². The van der Waals surface area contributed by atoms with E-state index in [1.54, 1.807) is 6.07 Å². The van der Waals surface area contributed by atoms with Gasteiger partial charge in [-0.3, -0.25) is 9.10 Å². The minimum atomic E-state index is -4.85. The smallest absolute Gasteiger partial charge is 0.406 e. The second-order valence-electron chi connectivity index (χ2n) is 6.57. The average Bonchev–Trinajstić information content (AvgIpc) is 2.72. The van der Waals surface area contributed by atoms with E-state index in [0.29, 0.717) is 5.02 Å². The molecule has 0 heterocycles. The van der Waals surface area contributed by atoms with Crippen molar-refractivity contribution in [3.8, 4) is 5.75 Å². The van der Waals surface area contributed by atoms with Crippen LogP contribution in [0, 0.1) is 0 Å². The van der Waals surface area contributed by atoms with Gasteiger partial charge in [0.2, 0.25) is 5.91 Å². The summed E-state index contributed by atoms with van der Waals surface area (Å²) in [7, 11) is -4.19. The number of alkyl halides is 3. The summed E-state index contributed by atoms with van der Waals surface area (Å²) < 4.78 is 68.0. The molecule has 33 heavy (non-hydrogen) atoms. The number of halogens is 5. The Balaban J connectivity index is 1.84. The van der Waals surface area contributed by atoms with Crippen LogP contribution in [0.15, 0.2) is 77.7 Å². The Labute approximate surface area is 197 Å². The quantitative estimate of drug-likeness (QED) is 0.433. The van der Waals surface area contributed by atoms with Gasteiger partial charge in [0.1, 0.15) is 12.3 Å². The van der Waals surface area contributed by atoms with Crippen LogP contribution >= 0.6 is 23.2 Å². The first-order valence-corrected chi connectivity index (χ1v) is 11.3. The average molecular weight is 519 g/mol. The summed E-state index contributed by atoms with van der Waals surface area (Å²) in [5.74, 6) is -1.21. The lowest BCUT2D eigenvalue weighted by Gasteiger charge is -2.24. The van der Waals surface area contributed by atoms with Gasteiger partial charge in [-0.1, -0.05) is 29.3 Å². The van der Waals surface area contributed by atoms with E-state index in [2.05, 4.69) is 10.1 Å². The first-order valence-electron chi connectivity index (χ1n) is 9.13. The highest BCUT2D eigenvalue weighted by Gasteiger charge is 2.31. The number of amides is 1. The van der Waals surface area contributed by atoms with Crippen molar-refractivity contribution >= 4 is 50.5 Å². The normalized spacial score (nSPS) is 11.7. The molecular formula is C21H15Cl2F3N2O4S. The predicted molar refractivity (Wildman–Crippen MR) is 119 cm³/mol.